The van der Waals surface area contributed by atoms with Gasteiger partial charge in [-0.25, -0.2) is 0 Å². The molecule has 1 aromatic rings. The van der Waals surface area contributed by atoms with Crippen LogP contribution in [0.2, 0.25) is 0 Å². The number of carboxylic acid groups (broad SMARTS) is 1. The molecule has 0 bridgehead atoms. The Morgan fingerprint density at radius 1 is 1.28 bits per heavy atom. The van der Waals surface area contributed by atoms with Gasteiger partial charge in [-0.3, -0.25) is 9.59 Å². The van der Waals surface area contributed by atoms with Crippen LogP contribution in [0.25, 0.3) is 0 Å². The lowest BCUT2D eigenvalue weighted by Crippen LogP contribution is -2.26. The minimum Gasteiger partial charge on any atom is -0.480 e. The molecule has 18 heavy (non-hydrogen) atoms. The fourth-order valence-electron chi connectivity index (χ4n) is 1.37. The van der Waals surface area contributed by atoms with Gasteiger partial charge in [-0.15, -0.1) is 0 Å². The van der Waals surface area contributed by atoms with Crippen LogP contribution in [0, 0.1) is 0 Å². The number of carbonyl (C=O) groups is 2. The number of rotatable bonds is 5. The van der Waals surface area contributed by atoms with Crippen molar-refractivity contribution in [3.8, 4) is 0 Å². The molecule has 0 aliphatic carbocycles. The van der Waals surface area contributed by atoms with Gasteiger partial charge < -0.3 is 9.84 Å². The highest BCUT2D eigenvalue weighted by Gasteiger charge is 2.30. The third kappa shape index (κ3) is 4.20. The number of hydrogen-bond donors (Lipinski definition) is 1. The van der Waals surface area contributed by atoms with Gasteiger partial charge in [0.2, 0.25) is 0 Å². The van der Waals surface area contributed by atoms with E-state index in [0.29, 0.717) is 12.0 Å². The molecule has 2 atom stereocenters. The number of aliphatic carboxylic acids is 1. The molecule has 0 spiro atoms. The molecule has 100 valence electrons. The summed E-state index contributed by atoms with van der Waals surface area (Å²) in [6.07, 6.45) is 0.389. The van der Waals surface area contributed by atoms with Crippen molar-refractivity contribution in [2.24, 2.45) is 0 Å². The molecule has 0 fully saturated rings. The Morgan fingerprint density at radius 3 is 2.28 bits per heavy atom. The highest BCUT2D eigenvalue weighted by Crippen LogP contribution is 2.18. The van der Waals surface area contributed by atoms with Crippen molar-refractivity contribution in [2.75, 3.05) is 0 Å². The average molecular weight is 252 g/mol. The van der Waals surface area contributed by atoms with Crippen LogP contribution in [-0.2, 0) is 14.3 Å². The lowest BCUT2D eigenvalue weighted by Gasteiger charge is -2.15. The molecule has 1 rings (SSSR count). The lowest BCUT2D eigenvalue weighted by molar-refractivity contribution is -0.157. The summed E-state index contributed by atoms with van der Waals surface area (Å²) in [6.45, 7) is 3.61. The predicted molar refractivity (Wildman–Crippen MR) is 69.4 cm³/mol. The summed E-state index contributed by atoms with van der Waals surface area (Å²) in [7, 11) is 0. The maximum absolute atomic E-state index is 11.8. The molecule has 2 unspecified atom stereocenters. The molecule has 1 N–H and O–H groups in total. The molecule has 0 saturated heterocycles. The van der Waals surface area contributed by atoms with Gasteiger partial charge in [-0.05, 0) is 18.9 Å². The zero-order valence-corrected chi connectivity index (χ0v) is 9.92. The number of carboxylic acids is 1. The van der Waals surface area contributed by atoms with Crippen LogP contribution < -0.4 is 0 Å². The second kappa shape index (κ2) is 7.48. The Morgan fingerprint density at radius 2 is 1.83 bits per heavy atom. The van der Waals surface area contributed by atoms with E-state index in [0.717, 1.165) is 0 Å². The monoisotopic (exact) mass is 252 g/mol. The van der Waals surface area contributed by atoms with Gasteiger partial charge in [0.1, 0.15) is 0 Å². The summed E-state index contributed by atoms with van der Waals surface area (Å²) in [5, 5.41) is 9.08. The second-order valence-electron chi connectivity index (χ2n) is 3.84. The largest absolute Gasteiger partial charge is 0.480 e. The molecule has 4 heteroatoms. The van der Waals surface area contributed by atoms with Crippen molar-refractivity contribution < 1.29 is 19.4 Å². The molecule has 0 radical (unpaired) electrons. The summed E-state index contributed by atoms with van der Waals surface area (Å²) in [5.74, 6) is -3.15. The van der Waals surface area contributed by atoms with Crippen molar-refractivity contribution in [1.82, 2.24) is 0 Å². The van der Waals surface area contributed by atoms with Crippen molar-refractivity contribution >= 4 is 11.9 Å². The average Bonchev–Trinajstić information content (AvgIpc) is 2.29. The van der Waals surface area contributed by atoms with Gasteiger partial charge in [0.05, 0.1) is 6.10 Å². The normalized spacial score (nSPS) is 13.0. The smallest absolute Gasteiger partial charge is 0.325 e. The molecule has 0 aliphatic heterocycles. The number of benzene rings is 1. The maximum atomic E-state index is 11.8. The highest BCUT2D eigenvalue weighted by molar-refractivity contribution is 5.99. The highest BCUT2D eigenvalue weighted by atomic mass is 16.5. The summed E-state index contributed by atoms with van der Waals surface area (Å²) in [6, 6.07) is 8.37. The van der Waals surface area contributed by atoms with Gasteiger partial charge >= 0.3 is 11.9 Å². The van der Waals surface area contributed by atoms with Crippen LogP contribution in [0.5, 0.6) is 0 Å². The Labute approximate surface area is 108 Å². The van der Waals surface area contributed by atoms with Crippen LogP contribution in [0.3, 0.4) is 0 Å². The van der Waals surface area contributed by atoms with Gasteiger partial charge in [-0.1, -0.05) is 44.7 Å². The predicted octanol–water partition coefficient (Wildman–Crippen LogP) is 2.83. The topological polar surface area (TPSA) is 63.6 Å². The van der Waals surface area contributed by atoms with Crippen LogP contribution in [-0.4, -0.2) is 23.1 Å². The summed E-state index contributed by atoms with van der Waals surface area (Å²) in [5.41, 5.74) is 0.438. The Bertz CT molecular complexity index is 386. The number of hydrogen-bond acceptors (Lipinski definition) is 3. The zero-order valence-electron chi connectivity index (χ0n) is 9.92. The minimum atomic E-state index is -1.25. The first-order valence-electron chi connectivity index (χ1n) is 5.54. The van der Waals surface area contributed by atoms with Crippen LogP contribution in [0.4, 0.5) is 0 Å². The Kier molecular flexibility index (Phi) is 6.71. The van der Waals surface area contributed by atoms with Gasteiger partial charge in [0, 0.05) is 0 Å². The van der Waals surface area contributed by atoms with Crippen molar-refractivity contribution in [3.63, 3.8) is 0 Å². The fraction of sp³-hybridized carbons (Fsp3) is 0.429. The van der Waals surface area contributed by atoms with E-state index in [4.69, 9.17) is 9.84 Å². The number of ether oxygens (including phenoxy) is 1. The van der Waals surface area contributed by atoms with Gasteiger partial charge in [-0.2, -0.15) is 0 Å². The molecule has 0 aromatic heterocycles. The molecule has 0 heterocycles. The summed E-state index contributed by atoms with van der Waals surface area (Å²) < 4.78 is 5.06. The lowest BCUT2D eigenvalue weighted by atomic mass is 9.99. The van der Waals surface area contributed by atoms with E-state index >= 15 is 0 Å². The van der Waals surface area contributed by atoms with Crippen molar-refractivity contribution in [3.05, 3.63) is 35.9 Å². The number of carbonyl (C=O) groups excluding carboxylic acids is 1. The molecular weight excluding hydrogens is 232 g/mol. The fourth-order valence-corrected chi connectivity index (χ4v) is 1.37. The molecule has 0 aliphatic rings. The minimum absolute atomic E-state index is 0. The standard InChI is InChI=1S/C13H16O4.CH4/c1-3-9(2)17-13(16)11(12(14)15)10-7-5-4-6-8-10;/h4-9,11H,3H2,1-2H3,(H,14,15);1H4. The van der Waals surface area contributed by atoms with E-state index < -0.39 is 17.9 Å². The quantitative estimate of drug-likeness (QED) is 0.646. The van der Waals surface area contributed by atoms with Crippen molar-refractivity contribution in [1.29, 1.82) is 0 Å². The first-order valence-corrected chi connectivity index (χ1v) is 5.54. The maximum Gasteiger partial charge on any atom is 0.325 e. The van der Waals surface area contributed by atoms with Crippen LogP contribution in [0.1, 0.15) is 39.2 Å². The molecular formula is C14H20O4. The van der Waals surface area contributed by atoms with Gasteiger partial charge in [0.25, 0.3) is 0 Å². The van der Waals surface area contributed by atoms with Gasteiger partial charge in [0.15, 0.2) is 5.92 Å². The third-order valence-corrected chi connectivity index (χ3v) is 2.51. The first kappa shape index (κ1) is 16.2. The molecule has 4 nitrogen and oxygen atoms in total. The molecule has 1 aromatic carbocycles. The van der Waals surface area contributed by atoms with Crippen molar-refractivity contribution in [2.45, 2.75) is 39.7 Å². The second-order valence-corrected chi connectivity index (χ2v) is 3.84. The van der Waals surface area contributed by atoms with Crippen LogP contribution >= 0.6 is 0 Å². The SMILES string of the molecule is C.CCC(C)OC(=O)C(C(=O)O)c1ccccc1. The number of esters is 1. The van der Waals surface area contributed by atoms with E-state index in [2.05, 4.69) is 0 Å². The zero-order chi connectivity index (χ0) is 12.8. The van der Waals surface area contributed by atoms with E-state index in [-0.39, 0.29) is 13.5 Å². The van der Waals surface area contributed by atoms with E-state index in [1.807, 2.05) is 6.92 Å². The van der Waals surface area contributed by atoms with E-state index in [1.54, 1.807) is 37.3 Å². The van der Waals surface area contributed by atoms with E-state index in [9.17, 15) is 9.59 Å². The molecule has 0 saturated carbocycles. The Hall–Kier alpha value is -1.84. The summed E-state index contributed by atoms with van der Waals surface area (Å²) >= 11 is 0. The first-order chi connectivity index (χ1) is 8.06. The van der Waals surface area contributed by atoms with E-state index in [1.165, 1.54) is 0 Å². The molecule has 0 amide bonds. The Balaban J connectivity index is 0.00000289. The third-order valence-electron chi connectivity index (χ3n) is 2.51. The van der Waals surface area contributed by atoms with Crippen LogP contribution in [0.15, 0.2) is 30.3 Å². The summed E-state index contributed by atoms with van der Waals surface area (Å²) in [4.78, 5) is 22.9.